The number of benzene rings is 1. The summed E-state index contributed by atoms with van der Waals surface area (Å²) in [6, 6.07) is 8.30. The third-order valence-corrected chi connectivity index (χ3v) is 4.70. The standard InChI is InChI=1S/C20H20N4O3/c1-13-5-6-15-16(25)11-18(27-17(15)10-13)19(26)23-14-4-2-9-24(12-14)20-21-7-3-8-22-20/h3,5-8,10-11,14H,2,4,9,12H2,1H3,(H,23,26)/t14-/m1/s1. The van der Waals surface area contributed by atoms with Crippen LogP contribution in [0, 0.1) is 6.92 Å². The quantitative estimate of drug-likeness (QED) is 0.767. The van der Waals surface area contributed by atoms with Crippen LogP contribution in [0.2, 0.25) is 0 Å². The van der Waals surface area contributed by atoms with E-state index in [1.807, 2.05) is 17.9 Å². The van der Waals surface area contributed by atoms with Gasteiger partial charge in [0, 0.05) is 37.6 Å². The van der Waals surface area contributed by atoms with Gasteiger partial charge in [-0.1, -0.05) is 6.07 Å². The van der Waals surface area contributed by atoms with Gasteiger partial charge >= 0.3 is 0 Å². The highest BCUT2D eigenvalue weighted by Crippen LogP contribution is 2.17. The van der Waals surface area contributed by atoms with Crippen LogP contribution in [-0.2, 0) is 0 Å². The second-order valence-electron chi connectivity index (χ2n) is 6.78. The molecule has 1 fully saturated rings. The van der Waals surface area contributed by atoms with E-state index in [1.54, 1.807) is 30.6 Å². The lowest BCUT2D eigenvalue weighted by molar-refractivity contribution is 0.0905. The molecule has 1 aromatic carbocycles. The molecule has 0 saturated carbocycles. The first-order chi connectivity index (χ1) is 13.1. The molecular weight excluding hydrogens is 344 g/mol. The predicted molar refractivity (Wildman–Crippen MR) is 102 cm³/mol. The predicted octanol–water partition coefficient (Wildman–Crippen LogP) is 2.29. The van der Waals surface area contributed by atoms with Gasteiger partial charge in [-0.2, -0.15) is 0 Å². The SMILES string of the molecule is Cc1ccc2c(=O)cc(C(=O)N[C@@H]3CCCN(c4ncccn4)C3)oc2c1. The number of amides is 1. The summed E-state index contributed by atoms with van der Waals surface area (Å²) in [6.45, 7) is 3.38. The Morgan fingerprint density at radius 2 is 2.07 bits per heavy atom. The van der Waals surface area contributed by atoms with Crippen LogP contribution in [0.5, 0.6) is 0 Å². The minimum atomic E-state index is -0.378. The van der Waals surface area contributed by atoms with Gasteiger partial charge in [0.15, 0.2) is 11.2 Å². The Labute approximate surface area is 156 Å². The summed E-state index contributed by atoms with van der Waals surface area (Å²) in [5.41, 5.74) is 1.17. The summed E-state index contributed by atoms with van der Waals surface area (Å²) >= 11 is 0. The Morgan fingerprint density at radius 3 is 2.89 bits per heavy atom. The number of nitrogens with one attached hydrogen (secondary N) is 1. The van der Waals surface area contributed by atoms with E-state index in [0.717, 1.165) is 24.9 Å². The van der Waals surface area contributed by atoms with Crippen molar-refractivity contribution >= 4 is 22.8 Å². The fraction of sp³-hybridized carbons (Fsp3) is 0.300. The van der Waals surface area contributed by atoms with Crippen LogP contribution in [-0.4, -0.2) is 35.0 Å². The van der Waals surface area contributed by atoms with Crippen molar-refractivity contribution in [2.24, 2.45) is 0 Å². The molecule has 0 aliphatic carbocycles. The summed E-state index contributed by atoms with van der Waals surface area (Å²) in [4.78, 5) is 35.5. The Bertz CT molecular complexity index is 1030. The van der Waals surface area contributed by atoms with Gasteiger partial charge in [-0.05, 0) is 43.5 Å². The number of aromatic nitrogens is 2. The molecule has 0 unspecified atom stereocenters. The maximum Gasteiger partial charge on any atom is 0.287 e. The number of rotatable bonds is 3. The topological polar surface area (TPSA) is 88.3 Å². The van der Waals surface area contributed by atoms with E-state index in [-0.39, 0.29) is 23.1 Å². The Balaban J connectivity index is 1.52. The maximum atomic E-state index is 12.6. The largest absolute Gasteiger partial charge is 0.451 e. The van der Waals surface area contributed by atoms with E-state index in [4.69, 9.17) is 4.42 Å². The van der Waals surface area contributed by atoms with Gasteiger partial charge in [0.25, 0.3) is 5.91 Å². The van der Waals surface area contributed by atoms with E-state index < -0.39 is 0 Å². The minimum Gasteiger partial charge on any atom is -0.451 e. The molecule has 2 aromatic heterocycles. The van der Waals surface area contributed by atoms with Crippen molar-refractivity contribution in [2.75, 3.05) is 18.0 Å². The second kappa shape index (κ2) is 7.19. The van der Waals surface area contributed by atoms with E-state index in [2.05, 4.69) is 15.3 Å². The molecule has 0 spiro atoms. The summed E-state index contributed by atoms with van der Waals surface area (Å²) in [5.74, 6) is 0.312. The zero-order valence-corrected chi connectivity index (χ0v) is 15.0. The van der Waals surface area contributed by atoms with Crippen molar-refractivity contribution in [2.45, 2.75) is 25.8 Å². The van der Waals surface area contributed by atoms with Crippen LogP contribution >= 0.6 is 0 Å². The minimum absolute atomic E-state index is 0.0335. The van der Waals surface area contributed by atoms with Gasteiger partial charge in [0.05, 0.1) is 5.39 Å². The first kappa shape index (κ1) is 17.2. The summed E-state index contributed by atoms with van der Waals surface area (Å²) in [7, 11) is 0. The first-order valence-electron chi connectivity index (χ1n) is 8.97. The molecular formula is C20H20N4O3. The average Bonchev–Trinajstić information content (AvgIpc) is 2.68. The van der Waals surface area contributed by atoms with Crippen molar-refractivity contribution in [3.8, 4) is 0 Å². The molecule has 7 nitrogen and oxygen atoms in total. The third-order valence-electron chi connectivity index (χ3n) is 4.70. The molecule has 7 heteroatoms. The normalized spacial score (nSPS) is 17.1. The number of aryl methyl sites for hydroxylation is 1. The fourth-order valence-corrected chi connectivity index (χ4v) is 3.36. The zero-order valence-electron chi connectivity index (χ0n) is 15.0. The van der Waals surface area contributed by atoms with Gasteiger partial charge in [0.2, 0.25) is 5.95 Å². The molecule has 0 radical (unpaired) electrons. The summed E-state index contributed by atoms with van der Waals surface area (Å²) in [5, 5.41) is 3.45. The number of carbonyl (C=O) groups excluding carboxylic acids is 1. The molecule has 3 heterocycles. The second-order valence-corrected chi connectivity index (χ2v) is 6.78. The van der Waals surface area contributed by atoms with Crippen LogP contribution < -0.4 is 15.6 Å². The number of nitrogens with zero attached hydrogens (tertiary/aromatic N) is 3. The number of carbonyl (C=O) groups is 1. The third kappa shape index (κ3) is 3.67. The number of anilines is 1. The van der Waals surface area contributed by atoms with Gasteiger partial charge in [-0.15, -0.1) is 0 Å². The molecule has 1 saturated heterocycles. The molecule has 1 amide bonds. The van der Waals surface area contributed by atoms with Crippen molar-refractivity contribution in [3.63, 3.8) is 0 Å². The molecule has 0 bridgehead atoms. The molecule has 138 valence electrons. The summed E-state index contributed by atoms with van der Waals surface area (Å²) < 4.78 is 5.69. The Hall–Kier alpha value is -3.22. The van der Waals surface area contributed by atoms with Gasteiger partial charge in [0.1, 0.15) is 5.58 Å². The number of hydrogen-bond donors (Lipinski definition) is 1. The molecule has 1 N–H and O–H groups in total. The first-order valence-corrected chi connectivity index (χ1v) is 8.97. The highest BCUT2D eigenvalue weighted by Gasteiger charge is 2.24. The molecule has 1 aliphatic heterocycles. The van der Waals surface area contributed by atoms with E-state index in [9.17, 15) is 9.59 Å². The summed E-state index contributed by atoms with van der Waals surface area (Å²) in [6.07, 6.45) is 5.18. The maximum absolute atomic E-state index is 12.6. The van der Waals surface area contributed by atoms with E-state index >= 15 is 0 Å². The lowest BCUT2D eigenvalue weighted by atomic mass is 10.1. The van der Waals surface area contributed by atoms with Crippen LogP contribution in [0.3, 0.4) is 0 Å². The van der Waals surface area contributed by atoms with Gasteiger partial charge < -0.3 is 14.6 Å². The highest BCUT2D eigenvalue weighted by atomic mass is 16.3. The van der Waals surface area contributed by atoms with Crippen LogP contribution in [0.4, 0.5) is 5.95 Å². The molecule has 3 aromatic rings. The zero-order chi connectivity index (χ0) is 18.8. The fourth-order valence-electron chi connectivity index (χ4n) is 3.36. The lowest BCUT2D eigenvalue weighted by Crippen LogP contribution is -2.48. The number of fused-ring (bicyclic) bond motifs is 1. The van der Waals surface area contributed by atoms with E-state index in [1.165, 1.54) is 6.07 Å². The Kier molecular flexibility index (Phi) is 4.58. The monoisotopic (exact) mass is 364 g/mol. The molecule has 1 atom stereocenters. The Morgan fingerprint density at radius 1 is 1.26 bits per heavy atom. The molecule has 4 rings (SSSR count). The average molecular weight is 364 g/mol. The molecule has 1 aliphatic rings. The van der Waals surface area contributed by atoms with Crippen molar-refractivity contribution < 1.29 is 9.21 Å². The van der Waals surface area contributed by atoms with Crippen molar-refractivity contribution in [1.82, 2.24) is 15.3 Å². The smallest absolute Gasteiger partial charge is 0.287 e. The molecule has 27 heavy (non-hydrogen) atoms. The number of hydrogen-bond acceptors (Lipinski definition) is 6. The van der Waals surface area contributed by atoms with Crippen LogP contribution in [0.25, 0.3) is 11.0 Å². The lowest BCUT2D eigenvalue weighted by Gasteiger charge is -2.32. The van der Waals surface area contributed by atoms with E-state index in [0.29, 0.717) is 23.5 Å². The van der Waals surface area contributed by atoms with Gasteiger partial charge in [-0.3, -0.25) is 9.59 Å². The number of piperidine rings is 1. The van der Waals surface area contributed by atoms with Crippen molar-refractivity contribution in [1.29, 1.82) is 0 Å². The highest BCUT2D eigenvalue weighted by molar-refractivity contribution is 5.93. The van der Waals surface area contributed by atoms with Crippen molar-refractivity contribution in [3.05, 3.63) is 64.3 Å². The van der Waals surface area contributed by atoms with Crippen LogP contribution in [0.15, 0.2) is 51.9 Å². The van der Waals surface area contributed by atoms with Crippen LogP contribution in [0.1, 0.15) is 29.0 Å². The van der Waals surface area contributed by atoms with Gasteiger partial charge in [-0.25, -0.2) is 9.97 Å².